The highest BCUT2D eigenvalue weighted by Gasteiger charge is 2.24. The Bertz CT molecular complexity index is 1160. The molecule has 3 aromatic heterocycles. The van der Waals surface area contributed by atoms with Gasteiger partial charge in [0, 0.05) is 23.3 Å². The van der Waals surface area contributed by atoms with Crippen LogP contribution < -0.4 is 11.1 Å². The number of piperidine rings is 1. The molecule has 148 valence electrons. The average molecular weight is 410 g/mol. The van der Waals surface area contributed by atoms with E-state index in [4.69, 9.17) is 26.9 Å². The molecule has 1 saturated heterocycles. The Kier molecular flexibility index (Phi) is 4.65. The van der Waals surface area contributed by atoms with Crippen molar-refractivity contribution < 1.29 is 4.63 Å². The number of fused-ring (bicyclic) bond motifs is 1. The van der Waals surface area contributed by atoms with E-state index >= 15 is 0 Å². The molecule has 0 aliphatic carbocycles. The summed E-state index contributed by atoms with van der Waals surface area (Å²) in [6.45, 7) is 2.83. The number of rotatable bonds is 4. The van der Waals surface area contributed by atoms with Gasteiger partial charge in [-0.2, -0.15) is 0 Å². The fraction of sp³-hybridized carbons (Fsp3) is 0.300. The van der Waals surface area contributed by atoms with Crippen molar-refractivity contribution in [1.29, 1.82) is 0 Å². The minimum Gasteiger partial charge on any atom is -0.379 e. The molecule has 1 aliphatic heterocycles. The van der Waals surface area contributed by atoms with Crippen molar-refractivity contribution in [2.24, 2.45) is 5.92 Å². The lowest BCUT2D eigenvalue weighted by molar-refractivity contribution is 0.309. The fourth-order valence-corrected chi connectivity index (χ4v) is 4.14. The molecule has 0 bridgehead atoms. The summed E-state index contributed by atoms with van der Waals surface area (Å²) in [5, 5.41) is 11.9. The summed E-state index contributed by atoms with van der Waals surface area (Å²) >= 11 is 6.21. The Morgan fingerprint density at radius 1 is 1.24 bits per heavy atom. The fourth-order valence-electron chi connectivity index (χ4n) is 3.95. The molecule has 1 aromatic carbocycles. The second-order valence-corrected chi connectivity index (χ2v) is 7.73. The van der Waals surface area contributed by atoms with Gasteiger partial charge in [-0.1, -0.05) is 23.7 Å². The van der Waals surface area contributed by atoms with Gasteiger partial charge in [-0.15, -0.1) is 0 Å². The SMILES string of the molecule is Nc1nonc1-c1nc2c(-c3cccc(Cl)c3)nccc2n1CC1CCCNC1. The standard InChI is InChI=1S/C20H20ClN7O/c21-14-5-1-4-13(9-14)16-17-15(6-8-24-16)28(11-12-3-2-7-23-10-12)20(25-17)18-19(22)27-29-26-18/h1,4-6,8-9,12,23H,2-3,7,10-11H2,(H2,22,27). The summed E-state index contributed by atoms with van der Waals surface area (Å²) in [6, 6.07) is 9.58. The predicted octanol–water partition coefficient (Wildman–Crippen LogP) is 3.38. The Morgan fingerprint density at radius 2 is 2.17 bits per heavy atom. The number of nitrogens with one attached hydrogen (secondary N) is 1. The summed E-state index contributed by atoms with van der Waals surface area (Å²) in [4.78, 5) is 9.47. The Balaban J connectivity index is 1.70. The maximum atomic E-state index is 6.21. The molecule has 3 N–H and O–H groups in total. The monoisotopic (exact) mass is 409 g/mol. The van der Waals surface area contributed by atoms with Crippen molar-refractivity contribution >= 4 is 28.5 Å². The molecular formula is C20H20ClN7O. The lowest BCUT2D eigenvalue weighted by atomic mass is 9.99. The number of imidazole rings is 1. The highest BCUT2D eigenvalue weighted by atomic mass is 35.5. The normalized spacial score (nSPS) is 17.1. The third-order valence-electron chi connectivity index (χ3n) is 5.33. The van der Waals surface area contributed by atoms with E-state index in [0.717, 1.165) is 54.8 Å². The number of anilines is 1. The predicted molar refractivity (Wildman–Crippen MR) is 111 cm³/mol. The number of hydrogen-bond acceptors (Lipinski definition) is 7. The van der Waals surface area contributed by atoms with Crippen LogP contribution in [0.5, 0.6) is 0 Å². The topological polar surface area (TPSA) is 108 Å². The van der Waals surface area contributed by atoms with Gasteiger partial charge in [0.25, 0.3) is 0 Å². The molecule has 0 saturated carbocycles. The third-order valence-corrected chi connectivity index (χ3v) is 5.57. The molecule has 5 rings (SSSR count). The first kappa shape index (κ1) is 18.1. The number of hydrogen-bond donors (Lipinski definition) is 2. The second-order valence-electron chi connectivity index (χ2n) is 7.29. The molecule has 4 heterocycles. The van der Waals surface area contributed by atoms with Crippen LogP contribution >= 0.6 is 11.6 Å². The van der Waals surface area contributed by atoms with Gasteiger partial charge in [0.05, 0.1) is 11.2 Å². The molecule has 1 fully saturated rings. The molecule has 0 radical (unpaired) electrons. The molecular weight excluding hydrogens is 390 g/mol. The summed E-state index contributed by atoms with van der Waals surface area (Å²) < 4.78 is 7.00. The van der Waals surface area contributed by atoms with Crippen LogP contribution in [0.15, 0.2) is 41.2 Å². The van der Waals surface area contributed by atoms with Crippen LogP contribution in [0.2, 0.25) is 5.02 Å². The largest absolute Gasteiger partial charge is 0.379 e. The summed E-state index contributed by atoms with van der Waals surface area (Å²) in [5.41, 5.74) is 9.86. The minimum atomic E-state index is 0.223. The third kappa shape index (κ3) is 3.34. The number of aromatic nitrogens is 5. The smallest absolute Gasteiger partial charge is 0.199 e. The first-order valence-electron chi connectivity index (χ1n) is 9.61. The van der Waals surface area contributed by atoms with Crippen LogP contribution in [0, 0.1) is 5.92 Å². The zero-order valence-corrected chi connectivity index (χ0v) is 16.4. The molecule has 9 heteroatoms. The number of benzene rings is 1. The highest BCUT2D eigenvalue weighted by Crippen LogP contribution is 2.33. The van der Waals surface area contributed by atoms with Gasteiger partial charge in [-0.25, -0.2) is 9.61 Å². The summed E-state index contributed by atoms with van der Waals surface area (Å²) in [6.07, 6.45) is 4.12. The molecule has 0 amide bonds. The maximum Gasteiger partial charge on any atom is 0.199 e. The van der Waals surface area contributed by atoms with Crippen LogP contribution in [0.3, 0.4) is 0 Å². The first-order valence-corrected chi connectivity index (χ1v) is 9.99. The molecule has 4 aromatic rings. The van der Waals surface area contributed by atoms with Crippen molar-refractivity contribution in [2.45, 2.75) is 19.4 Å². The van der Waals surface area contributed by atoms with Crippen molar-refractivity contribution in [3.63, 3.8) is 0 Å². The van der Waals surface area contributed by atoms with E-state index in [2.05, 4.69) is 25.2 Å². The number of pyridine rings is 1. The van der Waals surface area contributed by atoms with E-state index in [9.17, 15) is 0 Å². The van der Waals surface area contributed by atoms with Crippen LogP contribution in [0.25, 0.3) is 33.8 Å². The number of halogens is 1. The van der Waals surface area contributed by atoms with Crippen molar-refractivity contribution in [1.82, 2.24) is 30.2 Å². The molecule has 8 nitrogen and oxygen atoms in total. The van der Waals surface area contributed by atoms with Gasteiger partial charge in [0.2, 0.25) is 0 Å². The lowest BCUT2D eigenvalue weighted by Gasteiger charge is -2.24. The maximum absolute atomic E-state index is 6.21. The molecule has 1 aliphatic rings. The number of nitrogens with zero attached hydrogens (tertiary/aromatic N) is 5. The Morgan fingerprint density at radius 3 is 2.93 bits per heavy atom. The van der Waals surface area contributed by atoms with Crippen molar-refractivity contribution in [3.05, 3.63) is 41.6 Å². The van der Waals surface area contributed by atoms with Gasteiger partial charge in [-0.3, -0.25) is 4.98 Å². The van der Waals surface area contributed by atoms with E-state index in [-0.39, 0.29) is 5.82 Å². The van der Waals surface area contributed by atoms with Crippen LogP contribution in [-0.2, 0) is 6.54 Å². The first-order chi connectivity index (χ1) is 14.2. The van der Waals surface area contributed by atoms with E-state index in [1.807, 2.05) is 30.3 Å². The van der Waals surface area contributed by atoms with Gasteiger partial charge in [0.15, 0.2) is 17.3 Å². The average Bonchev–Trinajstić information content (AvgIpc) is 3.32. The number of nitrogen functional groups attached to an aromatic ring is 1. The number of nitrogens with two attached hydrogens (primary N) is 1. The van der Waals surface area contributed by atoms with Gasteiger partial charge < -0.3 is 15.6 Å². The van der Waals surface area contributed by atoms with E-state index in [0.29, 0.717) is 22.5 Å². The molecule has 1 unspecified atom stereocenters. The Hall–Kier alpha value is -2.97. The van der Waals surface area contributed by atoms with E-state index < -0.39 is 0 Å². The van der Waals surface area contributed by atoms with Crippen LogP contribution in [0.4, 0.5) is 5.82 Å². The summed E-state index contributed by atoms with van der Waals surface area (Å²) in [7, 11) is 0. The van der Waals surface area contributed by atoms with E-state index in [1.54, 1.807) is 6.20 Å². The Labute approximate surface area is 172 Å². The molecule has 29 heavy (non-hydrogen) atoms. The second kappa shape index (κ2) is 7.46. The zero-order valence-electron chi connectivity index (χ0n) is 15.7. The quantitative estimate of drug-likeness (QED) is 0.531. The van der Waals surface area contributed by atoms with E-state index in [1.165, 1.54) is 0 Å². The van der Waals surface area contributed by atoms with Gasteiger partial charge >= 0.3 is 0 Å². The minimum absolute atomic E-state index is 0.223. The molecule has 1 atom stereocenters. The highest BCUT2D eigenvalue weighted by molar-refractivity contribution is 6.30. The van der Waals surface area contributed by atoms with Crippen LogP contribution in [-0.4, -0.2) is 37.9 Å². The van der Waals surface area contributed by atoms with Crippen LogP contribution in [0.1, 0.15) is 12.8 Å². The van der Waals surface area contributed by atoms with Gasteiger partial charge in [0.1, 0.15) is 5.52 Å². The van der Waals surface area contributed by atoms with Crippen molar-refractivity contribution in [3.8, 4) is 22.8 Å². The molecule has 0 spiro atoms. The lowest BCUT2D eigenvalue weighted by Crippen LogP contribution is -2.32. The zero-order chi connectivity index (χ0) is 19.8. The van der Waals surface area contributed by atoms with Crippen molar-refractivity contribution in [2.75, 3.05) is 18.8 Å². The van der Waals surface area contributed by atoms with Gasteiger partial charge in [-0.05, 0) is 60.4 Å². The summed E-state index contributed by atoms with van der Waals surface area (Å²) in [5.74, 6) is 1.35.